The number of hydrogen-bond acceptors (Lipinski definition) is 1. The van der Waals surface area contributed by atoms with Gasteiger partial charge in [-0.15, -0.1) is 29.8 Å². The molecule has 0 saturated carbocycles. The van der Waals surface area contributed by atoms with Crippen LogP contribution in [0.3, 0.4) is 0 Å². The van der Waals surface area contributed by atoms with Crippen molar-refractivity contribution >= 4 is 0 Å². The third kappa shape index (κ3) is 8.44. The molecule has 4 heteroatoms. The van der Waals surface area contributed by atoms with Crippen LogP contribution >= 0.6 is 0 Å². The van der Waals surface area contributed by atoms with Crippen molar-refractivity contribution < 1.29 is 55.8 Å². The molecule has 156 valence electrons. The van der Waals surface area contributed by atoms with Gasteiger partial charge >= 0.3 is 26.2 Å². The zero-order valence-corrected chi connectivity index (χ0v) is 22.5. The first kappa shape index (κ1) is 30.4. The van der Waals surface area contributed by atoms with Gasteiger partial charge in [0.2, 0.25) is 0 Å². The van der Waals surface area contributed by atoms with Gasteiger partial charge < -0.3 is 29.6 Å². The molecule has 0 spiro atoms. The summed E-state index contributed by atoms with van der Waals surface area (Å²) in [7, 11) is 1.78. The van der Waals surface area contributed by atoms with Crippen molar-refractivity contribution in [1.29, 1.82) is 0 Å². The quantitative estimate of drug-likeness (QED) is 0.469. The van der Waals surface area contributed by atoms with E-state index >= 15 is 0 Å². The Kier molecular flexibility index (Phi) is 13.4. The number of methoxy groups -OCH3 is 1. The molecule has 0 aromatic heterocycles. The van der Waals surface area contributed by atoms with Crippen LogP contribution in [0.25, 0.3) is 11.1 Å². The van der Waals surface area contributed by atoms with E-state index in [1.165, 1.54) is 22.3 Å². The summed E-state index contributed by atoms with van der Waals surface area (Å²) in [6, 6.07) is 23.1. The SMILES string of the molecule is COc1c(C(C)(C)C)cc(-[c-]2cccc2)cc1C(C)(C)C.[Cl-].[Cl-].[Zr+4].c1cc[cH-]c1. The molecule has 0 aliphatic rings. The van der Waals surface area contributed by atoms with Crippen LogP contribution in [0, 0.1) is 0 Å². The van der Waals surface area contributed by atoms with Crippen molar-refractivity contribution in [2.24, 2.45) is 0 Å². The minimum atomic E-state index is 0. The Hall–Kier alpha value is -0.817. The number of benzene rings is 1. The molecular formula is C25H32Cl2OZr. The van der Waals surface area contributed by atoms with Gasteiger partial charge in [0.15, 0.2) is 0 Å². The monoisotopic (exact) mass is 508 g/mol. The Morgan fingerprint density at radius 1 is 0.759 bits per heavy atom. The summed E-state index contributed by atoms with van der Waals surface area (Å²) in [5, 5.41) is 0. The Labute approximate surface area is 208 Å². The zero-order chi connectivity index (χ0) is 19.4. The van der Waals surface area contributed by atoms with Crippen LogP contribution in [0.2, 0.25) is 0 Å². The van der Waals surface area contributed by atoms with E-state index in [2.05, 4.69) is 77.9 Å². The molecule has 0 unspecified atom stereocenters. The predicted molar refractivity (Wildman–Crippen MR) is 113 cm³/mol. The fourth-order valence-corrected chi connectivity index (χ4v) is 3.02. The molecule has 0 saturated heterocycles. The minimum absolute atomic E-state index is 0. The van der Waals surface area contributed by atoms with Gasteiger partial charge in [-0.3, -0.25) is 0 Å². The van der Waals surface area contributed by atoms with Gasteiger partial charge in [0, 0.05) is 0 Å². The maximum atomic E-state index is 5.80. The van der Waals surface area contributed by atoms with E-state index in [0.717, 1.165) is 5.75 Å². The molecule has 29 heavy (non-hydrogen) atoms. The second kappa shape index (κ2) is 12.8. The third-order valence-electron chi connectivity index (χ3n) is 4.46. The van der Waals surface area contributed by atoms with Crippen LogP contribution in [0.1, 0.15) is 52.7 Å². The smallest absolute Gasteiger partial charge is 1.00 e. The topological polar surface area (TPSA) is 9.23 Å². The van der Waals surface area contributed by atoms with Crippen LogP contribution in [0.15, 0.2) is 66.7 Å². The first-order valence-corrected chi connectivity index (χ1v) is 9.26. The second-order valence-electron chi connectivity index (χ2n) is 8.74. The fraction of sp³-hybridized carbons (Fsp3) is 0.360. The van der Waals surface area contributed by atoms with Crippen molar-refractivity contribution in [3.05, 3.63) is 77.9 Å². The van der Waals surface area contributed by atoms with Gasteiger partial charge in [-0.2, -0.15) is 30.3 Å². The molecule has 0 N–H and O–H groups in total. The van der Waals surface area contributed by atoms with Gasteiger partial charge in [0.25, 0.3) is 0 Å². The summed E-state index contributed by atoms with van der Waals surface area (Å²) in [6.45, 7) is 13.5. The van der Waals surface area contributed by atoms with E-state index in [1.807, 2.05) is 30.3 Å². The average Bonchev–Trinajstić information content (AvgIpc) is 3.27. The second-order valence-corrected chi connectivity index (χ2v) is 8.74. The molecule has 1 nitrogen and oxygen atoms in total. The molecule has 0 radical (unpaired) electrons. The normalized spacial score (nSPS) is 10.4. The standard InChI is InChI=1S/C20H27O.C5H5.2ClH.Zr/c1-19(2,3)16-12-15(14-10-8-9-11-14)13-17(18(16)21-7)20(4,5)6;1-2-4-5-3-1;;;/h8-13H,1-7H3;1-5H;2*1H;/q2*-1;;;+4/p-2. The molecule has 0 aliphatic carbocycles. The summed E-state index contributed by atoms with van der Waals surface area (Å²) in [5.74, 6) is 1.03. The molecule has 0 atom stereocenters. The van der Waals surface area contributed by atoms with Crippen molar-refractivity contribution in [3.8, 4) is 16.9 Å². The Balaban J connectivity index is 0. The number of halogens is 2. The first-order chi connectivity index (χ1) is 12.1. The van der Waals surface area contributed by atoms with Gasteiger partial charge in [0.05, 0.1) is 7.11 Å². The van der Waals surface area contributed by atoms with Crippen LogP contribution in [0.4, 0.5) is 0 Å². The summed E-state index contributed by atoms with van der Waals surface area (Å²) in [5.41, 5.74) is 5.19. The maximum absolute atomic E-state index is 5.80. The molecule has 0 bridgehead atoms. The van der Waals surface area contributed by atoms with E-state index in [9.17, 15) is 0 Å². The average molecular weight is 511 g/mol. The Bertz CT molecular complexity index is 740. The van der Waals surface area contributed by atoms with Crippen molar-refractivity contribution in [2.45, 2.75) is 52.4 Å². The molecule has 3 rings (SSSR count). The van der Waals surface area contributed by atoms with Crippen LogP contribution in [-0.2, 0) is 37.0 Å². The fourth-order valence-electron chi connectivity index (χ4n) is 3.02. The number of ether oxygens (including phenoxy) is 1. The molecular weight excluding hydrogens is 478 g/mol. The van der Waals surface area contributed by atoms with Crippen LogP contribution < -0.4 is 29.6 Å². The zero-order valence-electron chi connectivity index (χ0n) is 18.5. The summed E-state index contributed by atoms with van der Waals surface area (Å²) >= 11 is 0. The third-order valence-corrected chi connectivity index (χ3v) is 4.46. The van der Waals surface area contributed by atoms with E-state index in [-0.39, 0.29) is 61.8 Å². The van der Waals surface area contributed by atoms with Crippen molar-refractivity contribution in [1.82, 2.24) is 0 Å². The largest absolute Gasteiger partial charge is 4.00 e. The van der Waals surface area contributed by atoms with Gasteiger partial charge in [-0.25, -0.2) is 12.1 Å². The van der Waals surface area contributed by atoms with E-state index in [4.69, 9.17) is 4.74 Å². The van der Waals surface area contributed by atoms with E-state index in [0.29, 0.717) is 0 Å². The minimum Gasteiger partial charge on any atom is -1.00 e. The summed E-state index contributed by atoms with van der Waals surface area (Å²) in [4.78, 5) is 0. The maximum Gasteiger partial charge on any atom is 4.00 e. The van der Waals surface area contributed by atoms with E-state index in [1.54, 1.807) is 7.11 Å². The van der Waals surface area contributed by atoms with E-state index < -0.39 is 0 Å². The molecule has 3 aromatic carbocycles. The number of rotatable bonds is 2. The summed E-state index contributed by atoms with van der Waals surface area (Å²) < 4.78 is 5.80. The molecule has 0 fully saturated rings. The van der Waals surface area contributed by atoms with Crippen LogP contribution in [-0.4, -0.2) is 7.11 Å². The number of hydrogen-bond donors (Lipinski definition) is 0. The van der Waals surface area contributed by atoms with Gasteiger partial charge in [0.1, 0.15) is 5.75 Å². The first-order valence-electron chi connectivity index (χ1n) is 9.26. The van der Waals surface area contributed by atoms with Crippen molar-refractivity contribution in [2.75, 3.05) is 7.11 Å². The van der Waals surface area contributed by atoms with Crippen LogP contribution in [0.5, 0.6) is 5.75 Å². The molecule has 0 aliphatic heterocycles. The Morgan fingerprint density at radius 3 is 1.45 bits per heavy atom. The molecule has 3 aromatic rings. The predicted octanol–water partition coefficient (Wildman–Crippen LogP) is 1.09. The molecule has 0 amide bonds. The molecule has 0 heterocycles. The summed E-state index contributed by atoms with van der Waals surface area (Å²) in [6.07, 6.45) is 0. The van der Waals surface area contributed by atoms with Crippen molar-refractivity contribution in [3.63, 3.8) is 0 Å². The van der Waals surface area contributed by atoms with Gasteiger partial charge in [-0.1, -0.05) is 47.1 Å². The Morgan fingerprint density at radius 2 is 1.17 bits per heavy atom. The van der Waals surface area contributed by atoms with Gasteiger partial charge in [-0.05, 0) is 22.0 Å².